The van der Waals surface area contributed by atoms with Crippen molar-refractivity contribution in [3.05, 3.63) is 155 Å². The molecule has 0 atom stereocenters. The Bertz CT molecular complexity index is 2380. The molecule has 13 heteroatoms. The lowest BCUT2D eigenvalue weighted by atomic mass is 10.0. The molecule has 0 aliphatic heterocycles. The standard InChI is InChI=1S/C42H37N4O8P/c1-4-37(47)43-24-31-21-30(22-36(41(31)50)46-44-34-17-11-12-18-35(34)45-46)26-54-39(49)23-38(48)53-25-29-19-27(2)40(28(3)20-29)42(51)55(52,32-13-7-5-8-14-32)33-15-9-6-10-16-33/h4-22,50H,1,23-26H2,2-3H3,(H,43,47). The number of nitrogens with zero attached hydrogens (tertiary/aromatic N) is 3. The summed E-state index contributed by atoms with van der Waals surface area (Å²) in [6.07, 6.45) is 0.423. The minimum atomic E-state index is -3.74. The summed E-state index contributed by atoms with van der Waals surface area (Å²) < 4.78 is 25.5. The maximum Gasteiger partial charge on any atom is 0.317 e. The number of phenols is 1. The molecule has 5 aromatic carbocycles. The molecule has 0 aliphatic rings. The molecule has 1 amide bonds. The van der Waals surface area contributed by atoms with Crippen molar-refractivity contribution in [1.82, 2.24) is 20.3 Å². The summed E-state index contributed by atoms with van der Waals surface area (Å²) in [5, 5.41) is 23.4. The van der Waals surface area contributed by atoms with Crippen molar-refractivity contribution < 1.29 is 38.3 Å². The first kappa shape index (κ1) is 38.1. The van der Waals surface area contributed by atoms with E-state index >= 15 is 0 Å². The molecule has 0 aliphatic carbocycles. The summed E-state index contributed by atoms with van der Waals surface area (Å²) in [5.74, 6) is -2.32. The number of hydrogen-bond acceptors (Lipinski definition) is 10. The second-order valence-corrected chi connectivity index (χ2v) is 15.4. The molecule has 1 heterocycles. The topological polar surface area (TPSA) is 167 Å². The van der Waals surface area contributed by atoms with Crippen LogP contribution in [-0.2, 0) is 48.2 Å². The first-order valence-electron chi connectivity index (χ1n) is 17.2. The number of hydrogen-bond donors (Lipinski definition) is 2. The number of nitrogens with one attached hydrogen (secondary N) is 1. The predicted molar refractivity (Wildman–Crippen MR) is 207 cm³/mol. The van der Waals surface area contributed by atoms with Crippen molar-refractivity contribution in [3.63, 3.8) is 0 Å². The van der Waals surface area contributed by atoms with E-state index in [-0.39, 0.29) is 31.2 Å². The van der Waals surface area contributed by atoms with Gasteiger partial charge in [-0.25, -0.2) is 0 Å². The number of esters is 2. The van der Waals surface area contributed by atoms with Gasteiger partial charge in [0.1, 0.15) is 42.1 Å². The van der Waals surface area contributed by atoms with Crippen LogP contribution in [0.4, 0.5) is 0 Å². The van der Waals surface area contributed by atoms with Crippen molar-refractivity contribution in [1.29, 1.82) is 0 Å². The lowest BCUT2D eigenvalue weighted by Crippen LogP contribution is -2.23. The third-order valence-electron chi connectivity index (χ3n) is 8.79. The number of phenolic OH excluding ortho intramolecular Hbond substituents is 1. The number of benzene rings is 5. The second-order valence-electron chi connectivity index (χ2n) is 12.7. The minimum absolute atomic E-state index is 0.0635. The van der Waals surface area contributed by atoms with E-state index in [1.165, 1.54) is 10.9 Å². The van der Waals surface area contributed by atoms with Gasteiger partial charge >= 0.3 is 11.9 Å². The summed E-state index contributed by atoms with van der Waals surface area (Å²) in [4.78, 5) is 52.7. The van der Waals surface area contributed by atoms with Gasteiger partial charge in [0.15, 0.2) is 0 Å². The Morgan fingerprint density at radius 3 is 1.76 bits per heavy atom. The Labute approximate surface area is 316 Å². The van der Waals surface area contributed by atoms with Crippen LogP contribution in [0.3, 0.4) is 0 Å². The summed E-state index contributed by atoms with van der Waals surface area (Å²) in [5.41, 5.74) is 3.66. The van der Waals surface area contributed by atoms with Gasteiger partial charge in [0.25, 0.3) is 0 Å². The zero-order valence-electron chi connectivity index (χ0n) is 30.1. The van der Waals surface area contributed by atoms with Crippen molar-refractivity contribution in [2.24, 2.45) is 0 Å². The molecule has 0 bridgehead atoms. The number of aromatic nitrogens is 3. The molecular formula is C42H37N4O8P. The fourth-order valence-corrected chi connectivity index (χ4v) is 8.79. The molecule has 12 nitrogen and oxygen atoms in total. The normalized spacial score (nSPS) is 11.2. The molecule has 0 saturated heterocycles. The number of aromatic hydroxyl groups is 1. The Balaban J connectivity index is 1.12. The van der Waals surface area contributed by atoms with Crippen molar-refractivity contribution in [2.75, 3.05) is 0 Å². The van der Waals surface area contributed by atoms with Crippen LogP contribution in [0.25, 0.3) is 16.7 Å². The predicted octanol–water partition coefficient (Wildman–Crippen LogP) is 5.88. The molecule has 2 N–H and O–H groups in total. The molecule has 6 rings (SSSR count). The van der Waals surface area contributed by atoms with Crippen molar-refractivity contribution in [3.8, 4) is 11.4 Å². The lowest BCUT2D eigenvalue weighted by molar-refractivity contribution is -0.156. The molecule has 0 radical (unpaired) electrons. The van der Waals surface area contributed by atoms with Gasteiger partial charge in [-0.05, 0) is 66.4 Å². The van der Waals surface area contributed by atoms with Gasteiger partial charge < -0.3 is 24.5 Å². The molecule has 0 fully saturated rings. The van der Waals surface area contributed by atoms with Crippen LogP contribution in [0.5, 0.6) is 5.75 Å². The summed E-state index contributed by atoms with van der Waals surface area (Å²) in [6, 6.07) is 31.0. The first-order valence-corrected chi connectivity index (χ1v) is 18.9. The van der Waals surface area contributed by atoms with Crippen LogP contribution >= 0.6 is 7.14 Å². The summed E-state index contributed by atoms with van der Waals surface area (Å²) in [7, 11) is -3.74. The van der Waals surface area contributed by atoms with E-state index in [0.29, 0.717) is 55.0 Å². The van der Waals surface area contributed by atoms with Gasteiger partial charge in [-0.15, -0.1) is 15.0 Å². The molecule has 278 valence electrons. The Kier molecular flexibility index (Phi) is 11.5. The van der Waals surface area contributed by atoms with Crippen molar-refractivity contribution >= 4 is 52.2 Å². The number of rotatable bonds is 14. The highest BCUT2D eigenvalue weighted by molar-refractivity contribution is 7.93. The van der Waals surface area contributed by atoms with E-state index in [0.717, 1.165) is 6.08 Å². The van der Waals surface area contributed by atoms with E-state index in [1.54, 1.807) is 117 Å². The number of amides is 1. The lowest BCUT2D eigenvalue weighted by Gasteiger charge is -2.21. The van der Waals surface area contributed by atoms with Crippen LogP contribution < -0.4 is 15.9 Å². The first-order chi connectivity index (χ1) is 26.5. The highest BCUT2D eigenvalue weighted by Crippen LogP contribution is 2.48. The SMILES string of the molecule is C=CC(=O)NCc1cc(COC(=O)CC(=O)OCc2cc(C)c(C(=O)P(=O)(c3ccccc3)c3ccccc3)c(C)c2)cc(-n2nc3ccccc3n2)c1O. The number of fused-ring (bicyclic) bond motifs is 1. The Morgan fingerprint density at radius 1 is 0.764 bits per heavy atom. The van der Waals surface area contributed by atoms with E-state index in [1.807, 2.05) is 0 Å². The van der Waals surface area contributed by atoms with Crippen molar-refractivity contribution in [2.45, 2.75) is 40.0 Å². The fraction of sp³-hybridized carbons (Fsp3) is 0.143. The van der Waals surface area contributed by atoms with E-state index in [2.05, 4.69) is 22.1 Å². The Hall–Kier alpha value is -6.65. The quantitative estimate of drug-likeness (QED) is 0.0594. The largest absolute Gasteiger partial charge is 0.505 e. The van der Waals surface area contributed by atoms with Gasteiger partial charge in [0, 0.05) is 28.3 Å². The number of carbonyl (C=O) groups excluding carboxylic acids is 4. The van der Waals surface area contributed by atoms with E-state index < -0.39 is 36.9 Å². The third-order valence-corrected chi connectivity index (χ3v) is 11.6. The van der Waals surface area contributed by atoms with Crippen LogP contribution in [0, 0.1) is 13.8 Å². The molecule has 0 spiro atoms. The highest BCUT2D eigenvalue weighted by atomic mass is 31.2. The average molecular weight is 757 g/mol. The number of ether oxygens (including phenoxy) is 2. The molecule has 1 aromatic heterocycles. The van der Waals surface area contributed by atoms with Crippen LogP contribution in [-0.4, -0.2) is 43.5 Å². The van der Waals surface area contributed by atoms with E-state index in [9.17, 15) is 28.8 Å². The third kappa shape index (κ3) is 8.45. The molecule has 6 aromatic rings. The van der Waals surface area contributed by atoms with Gasteiger partial charge in [-0.1, -0.05) is 91.5 Å². The summed E-state index contributed by atoms with van der Waals surface area (Å²) in [6.45, 7) is 6.40. The minimum Gasteiger partial charge on any atom is -0.505 e. The number of aryl methyl sites for hydroxylation is 2. The Morgan fingerprint density at radius 2 is 1.25 bits per heavy atom. The number of carbonyl (C=O) groups is 4. The molecular weight excluding hydrogens is 719 g/mol. The van der Waals surface area contributed by atoms with Gasteiger partial charge in [-0.2, -0.15) is 0 Å². The van der Waals surface area contributed by atoms with Gasteiger partial charge in [-0.3, -0.25) is 19.2 Å². The fourth-order valence-electron chi connectivity index (χ4n) is 6.17. The molecule has 0 saturated carbocycles. The maximum absolute atomic E-state index is 14.7. The highest BCUT2D eigenvalue weighted by Gasteiger charge is 2.38. The zero-order chi connectivity index (χ0) is 39.1. The van der Waals surface area contributed by atoms with Crippen LogP contribution in [0.2, 0.25) is 0 Å². The van der Waals surface area contributed by atoms with Gasteiger partial charge in [0.2, 0.25) is 18.6 Å². The maximum atomic E-state index is 14.7. The monoisotopic (exact) mass is 756 g/mol. The molecule has 0 unspecified atom stereocenters. The second kappa shape index (κ2) is 16.6. The van der Waals surface area contributed by atoms with E-state index in [4.69, 9.17) is 9.47 Å². The van der Waals surface area contributed by atoms with Gasteiger partial charge in [0.05, 0.1) is 0 Å². The van der Waals surface area contributed by atoms with Crippen LogP contribution in [0.1, 0.15) is 44.6 Å². The zero-order valence-corrected chi connectivity index (χ0v) is 31.0. The van der Waals surface area contributed by atoms with Crippen LogP contribution in [0.15, 0.2) is 122 Å². The molecule has 55 heavy (non-hydrogen) atoms. The average Bonchev–Trinajstić information content (AvgIpc) is 3.63. The summed E-state index contributed by atoms with van der Waals surface area (Å²) >= 11 is 0. The smallest absolute Gasteiger partial charge is 0.317 e.